The third kappa shape index (κ3) is 2.81. The highest BCUT2D eigenvalue weighted by atomic mass is 16.5. The van der Waals surface area contributed by atoms with Crippen LogP contribution in [0.1, 0.15) is 32.6 Å². The number of rotatable bonds is 5. The van der Waals surface area contributed by atoms with Gasteiger partial charge in [-0.1, -0.05) is 19.3 Å². The van der Waals surface area contributed by atoms with Gasteiger partial charge in [-0.25, -0.2) is 4.79 Å². The second-order valence-electron chi connectivity index (χ2n) is 3.44. The molecular weight excluding hydrogens is 156 g/mol. The van der Waals surface area contributed by atoms with Crippen molar-refractivity contribution in [2.75, 3.05) is 6.61 Å². The van der Waals surface area contributed by atoms with Crippen LogP contribution in [0.5, 0.6) is 0 Å². The lowest BCUT2D eigenvalue weighted by molar-refractivity contribution is -0.149. The van der Waals surface area contributed by atoms with Crippen molar-refractivity contribution in [1.29, 1.82) is 0 Å². The maximum absolute atomic E-state index is 10.3. The second-order valence-corrected chi connectivity index (χ2v) is 3.44. The Labute approximate surface area is 72.7 Å². The highest BCUT2D eigenvalue weighted by Crippen LogP contribution is 2.29. The van der Waals surface area contributed by atoms with E-state index in [1.807, 2.05) is 0 Å². The molecule has 0 aliphatic heterocycles. The van der Waals surface area contributed by atoms with Crippen molar-refractivity contribution in [3.8, 4) is 0 Å². The van der Waals surface area contributed by atoms with Crippen LogP contribution in [0.2, 0.25) is 0 Å². The molecule has 1 saturated carbocycles. The first-order valence-electron chi connectivity index (χ1n) is 4.54. The largest absolute Gasteiger partial charge is 0.479 e. The van der Waals surface area contributed by atoms with Crippen LogP contribution in [0.25, 0.3) is 0 Å². The Morgan fingerprint density at radius 3 is 2.75 bits per heavy atom. The fourth-order valence-electron chi connectivity index (χ4n) is 1.26. The molecular formula is C9H16O3. The standard InChI is InChI=1S/C9H16O3/c1-7(9(10)11)12-6-5-8-3-2-4-8/h7-8H,2-6H2,1H3,(H,10,11). The molecule has 1 unspecified atom stereocenters. The van der Waals surface area contributed by atoms with Crippen molar-refractivity contribution in [2.24, 2.45) is 5.92 Å². The lowest BCUT2D eigenvalue weighted by Crippen LogP contribution is -2.22. The van der Waals surface area contributed by atoms with Gasteiger partial charge in [0.05, 0.1) is 0 Å². The molecule has 0 aromatic rings. The van der Waals surface area contributed by atoms with Crippen LogP contribution in [0.3, 0.4) is 0 Å². The Bertz CT molecular complexity index is 152. The zero-order chi connectivity index (χ0) is 8.97. The molecule has 0 radical (unpaired) electrons. The van der Waals surface area contributed by atoms with Crippen LogP contribution >= 0.6 is 0 Å². The predicted molar refractivity (Wildman–Crippen MR) is 45.0 cm³/mol. The summed E-state index contributed by atoms with van der Waals surface area (Å²) in [5.74, 6) is -0.0744. The fourth-order valence-corrected chi connectivity index (χ4v) is 1.26. The van der Waals surface area contributed by atoms with Gasteiger partial charge in [0.25, 0.3) is 0 Å². The number of hydrogen-bond acceptors (Lipinski definition) is 2. The van der Waals surface area contributed by atoms with Crippen molar-refractivity contribution >= 4 is 5.97 Å². The number of carboxylic acid groups (broad SMARTS) is 1. The Kier molecular flexibility index (Phi) is 3.53. The van der Waals surface area contributed by atoms with Gasteiger partial charge in [-0.15, -0.1) is 0 Å². The summed E-state index contributed by atoms with van der Waals surface area (Å²) < 4.78 is 5.11. The second kappa shape index (κ2) is 4.45. The van der Waals surface area contributed by atoms with Crippen LogP contribution in [-0.4, -0.2) is 23.8 Å². The molecule has 1 atom stereocenters. The summed E-state index contributed by atoms with van der Waals surface area (Å²) in [5, 5.41) is 8.49. The number of carboxylic acids is 1. The molecule has 3 nitrogen and oxygen atoms in total. The minimum atomic E-state index is -0.872. The minimum absolute atomic E-state index is 0.595. The van der Waals surface area contributed by atoms with Crippen LogP contribution in [0, 0.1) is 5.92 Å². The van der Waals surface area contributed by atoms with Crippen molar-refractivity contribution in [3.63, 3.8) is 0 Å². The van der Waals surface area contributed by atoms with Crippen LogP contribution in [0.15, 0.2) is 0 Å². The van der Waals surface area contributed by atoms with Crippen LogP contribution in [-0.2, 0) is 9.53 Å². The molecule has 0 amide bonds. The highest BCUT2D eigenvalue weighted by Gasteiger charge is 2.18. The Morgan fingerprint density at radius 2 is 2.33 bits per heavy atom. The summed E-state index contributed by atoms with van der Waals surface area (Å²) in [6.45, 7) is 2.17. The van der Waals surface area contributed by atoms with E-state index in [9.17, 15) is 4.79 Å². The van der Waals surface area contributed by atoms with E-state index in [2.05, 4.69) is 0 Å². The molecule has 12 heavy (non-hydrogen) atoms. The first-order chi connectivity index (χ1) is 5.70. The van der Waals surface area contributed by atoms with Gasteiger partial charge in [-0.2, -0.15) is 0 Å². The van der Waals surface area contributed by atoms with Crippen molar-refractivity contribution in [1.82, 2.24) is 0 Å². The summed E-state index contributed by atoms with van der Waals surface area (Å²) in [6.07, 6.45) is 4.30. The Hall–Kier alpha value is -0.570. The van der Waals surface area contributed by atoms with E-state index < -0.39 is 12.1 Å². The van der Waals surface area contributed by atoms with E-state index in [0.29, 0.717) is 6.61 Å². The minimum Gasteiger partial charge on any atom is -0.479 e. The predicted octanol–water partition coefficient (Wildman–Crippen LogP) is 1.67. The maximum Gasteiger partial charge on any atom is 0.332 e. The molecule has 1 aliphatic carbocycles. The van der Waals surface area contributed by atoms with Gasteiger partial charge >= 0.3 is 5.97 Å². The van der Waals surface area contributed by atoms with Crippen LogP contribution in [0.4, 0.5) is 0 Å². The van der Waals surface area contributed by atoms with Crippen molar-refractivity contribution in [3.05, 3.63) is 0 Å². The lowest BCUT2D eigenvalue weighted by Gasteiger charge is -2.25. The maximum atomic E-state index is 10.3. The zero-order valence-corrected chi connectivity index (χ0v) is 7.45. The van der Waals surface area contributed by atoms with Crippen molar-refractivity contribution in [2.45, 2.75) is 38.7 Å². The number of carbonyl (C=O) groups is 1. The molecule has 0 aromatic carbocycles. The smallest absolute Gasteiger partial charge is 0.332 e. The number of ether oxygens (including phenoxy) is 1. The molecule has 0 aromatic heterocycles. The number of hydrogen-bond donors (Lipinski definition) is 1. The molecule has 1 fully saturated rings. The third-order valence-electron chi connectivity index (χ3n) is 2.47. The van der Waals surface area contributed by atoms with Gasteiger partial charge in [0.2, 0.25) is 0 Å². The molecule has 0 bridgehead atoms. The molecule has 1 rings (SSSR count). The summed E-state index contributed by atoms with van der Waals surface area (Å²) in [7, 11) is 0. The first-order valence-corrected chi connectivity index (χ1v) is 4.54. The van der Waals surface area contributed by atoms with Gasteiger partial charge in [0, 0.05) is 6.61 Å². The number of aliphatic carboxylic acids is 1. The quantitative estimate of drug-likeness (QED) is 0.686. The normalized spacial score (nSPS) is 20.1. The first kappa shape index (κ1) is 9.52. The fraction of sp³-hybridized carbons (Fsp3) is 0.889. The molecule has 1 aliphatic rings. The average molecular weight is 172 g/mol. The van der Waals surface area contributed by atoms with Gasteiger partial charge < -0.3 is 9.84 Å². The Morgan fingerprint density at radius 1 is 1.67 bits per heavy atom. The zero-order valence-electron chi connectivity index (χ0n) is 7.45. The van der Waals surface area contributed by atoms with Gasteiger partial charge in [0.1, 0.15) is 0 Å². The molecule has 70 valence electrons. The van der Waals surface area contributed by atoms with E-state index in [4.69, 9.17) is 9.84 Å². The summed E-state index contributed by atoms with van der Waals surface area (Å²) in [4.78, 5) is 10.3. The van der Waals surface area contributed by atoms with Gasteiger partial charge in [-0.05, 0) is 19.3 Å². The molecule has 1 N–H and O–H groups in total. The lowest BCUT2D eigenvalue weighted by atomic mass is 9.83. The SMILES string of the molecule is CC(OCCC1CCC1)C(=O)O. The average Bonchev–Trinajstić information content (AvgIpc) is 1.93. The third-order valence-corrected chi connectivity index (χ3v) is 2.47. The molecule has 0 heterocycles. The van der Waals surface area contributed by atoms with E-state index in [0.717, 1.165) is 12.3 Å². The van der Waals surface area contributed by atoms with E-state index in [-0.39, 0.29) is 0 Å². The molecule has 0 saturated heterocycles. The molecule has 3 heteroatoms. The van der Waals surface area contributed by atoms with Gasteiger partial charge in [-0.3, -0.25) is 0 Å². The summed E-state index contributed by atoms with van der Waals surface area (Å²) in [6, 6.07) is 0. The summed E-state index contributed by atoms with van der Waals surface area (Å²) in [5.41, 5.74) is 0. The Balaban J connectivity index is 1.97. The topological polar surface area (TPSA) is 46.5 Å². The van der Waals surface area contributed by atoms with Crippen LogP contribution < -0.4 is 0 Å². The van der Waals surface area contributed by atoms with E-state index in [1.54, 1.807) is 6.92 Å². The van der Waals surface area contributed by atoms with E-state index in [1.165, 1.54) is 19.3 Å². The highest BCUT2D eigenvalue weighted by molar-refractivity contribution is 5.71. The van der Waals surface area contributed by atoms with Crippen molar-refractivity contribution < 1.29 is 14.6 Å². The molecule has 0 spiro atoms. The van der Waals surface area contributed by atoms with Gasteiger partial charge in [0.15, 0.2) is 6.10 Å². The summed E-state index contributed by atoms with van der Waals surface area (Å²) >= 11 is 0. The monoisotopic (exact) mass is 172 g/mol. The van der Waals surface area contributed by atoms with E-state index >= 15 is 0 Å².